The highest BCUT2D eigenvalue weighted by Crippen LogP contribution is 2.26. The first-order valence-electron chi connectivity index (χ1n) is 8.16. The Bertz CT molecular complexity index is 720. The van der Waals surface area contributed by atoms with Crippen molar-refractivity contribution in [1.82, 2.24) is 19.8 Å². The van der Waals surface area contributed by atoms with Crippen molar-refractivity contribution < 1.29 is 9.53 Å². The van der Waals surface area contributed by atoms with E-state index in [2.05, 4.69) is 20.2 Å². The summed E-state index contributed by atoms with van der Waals surface area (Å²) < 4.78 is 5.93. The zero-order valence-electron chi connectivity index (χ0n) is 13.6. The van der Waals surface area contributed by atoms with Gasteiger partial charge in [-0.2, -0.15) is 0 Å². The lowest BCUT2D eigenvalue weighted by atomic mass is 10.1. The number of hydrogen-bond donors (Lipinski definition) is 0. The van der Waals surface area contributed by atoms with Crippen LogP contribution in [0.5, 0.6) is 0 Å². The maximum Gasteiger partial charge on any atom is 0.254 e. The number of pyridine rings is 1. The number of carbonyl (C=O) groups is 1. The topological polar surface area (TPSA) is 58.6 Å². The molecule has 4 rings (SSSR count). The van der Waals surface area contributed by atoms with Gasteiger partial charge in [0.05, 0.1) is 29.5 Å². The number of rotatable bonds is 3. The fraction of sp³-hybridized carbons (Fsp3) is 0.471. The number of carbonyl (C=O) groups excluding carboxylic acids is 1. The maximum absolute atomic E-state index is 12.7. The van der Waals surface area contributed by atoms with Crippen molar-refractivity contribution in [2.75, 3.05) is 26.2 Å². The van der Waals surface area contributed by atoms with E-state index < -0.39 is 0 Å². The molecule has 2 saturated heterocycles. The number of amides is 1. The number of aromatic nitrogens is 2. The molecule has 0 aliphatic carbocycles. The number of likely N-dealkylation sites (tertiary alicyclic amines) is 1. The van der Waals surface area contributed by atoms with Crippen LogP contribution in [0.1, 0.15) is 21.1 Å². The Kier molecular flexibility index (Phi) is 4.30. The van der Waals surface area contributed by atoms with Crippen molar-refractivity contribution in [1.29, 1.82) is 0 Å². The molecule has 7 heteroatoms. The summed E-state index contributed by atoms with van der Waals surface area (Å²) in [6.07, 6.45) is 3.40. The molecule has 2 fully saturated rings. The van der Waals surface area contributed by atoms with Gasteiger partial charge in [-0.05, 0) is 19.1 Å². The van der Waals surface area contributed by atoms with Gasteiger partial charge in [-0.1, -0.05) is 0 Å². The third-order valence-corrected chi connectivity index (χ3v) is 5.48. The van der Waals surface area contributed by atoms with Crippen LogP contribution in [0.3, 0.4) is 0 Å². The molecule has 0 unspecified atom stereocenters. The van der Waals surface area contributed by atoms with Crippen LogP contribution in [0, 0.1) is 6.92 Å². The van der Waals surface area contributed by atoms with Gasteiger partial charge in [-0.3, -0.25) is 14.7 Å². The molecule has 2 atom stereocenters. The molecular weight excluding hydrogens is 324 g/mol. The maximum atomic E-state index is 12.7. The zero-order chi connectivity index (χ0) is 16.5. The van der Waals surface area contributed by atoms with Crippen LogP contribution in [-0.4, -0.2) is 64.1 Å². The molecule has 24 heavy (non-hydrogen) atoms. The molecule has 0 spiro atoms. The van der Waals surface area contributed by atoms with Crippen molar-refractivity contribution in [2.45, 2.75) is 25.6 Å². The monoisotopic (exact) mass is 344 g/mol. The molecule has 0 bridgehead atoms. The number of fused-ring (bicyclic) bond motifs is 1. The number of ether oxygens (including phenoxy) is 1. The summed E-state index contributed by atoms with van der Waals surface area (Å²) in [5.74, 6) is 0.0554. The second kappa shape index (κ2) is 6.58. The molecule has 1 amide bonds. The predicted octanol–water partition coefficient (Wildman–Crippen LogP) is 1.57. The number of nitrogens with zero attached hydrogens (tertiary/aromatic N) is 4. The van der Waals surface area contributed by atoms with Crippen molar-refractivity contribution in [3.05, 3.63) is 46.2 Å². The quantitative estimate of drug-likeness (QED) is 0.846. The summed E-state index contributed by atoms with van der Waals surface area (Å²) in [4.78, 5) is 25.5. The van der Waals surface area contributed by atoms with Crippen molar-refractivity contribution in [3.8, 4) is 0 Å². The minimum Gasteiger partial charge on any atom is -0.373 e. The van der Waals surface area contributed by atoms with Gasteiger partial charge in [0.15, 0.2) is 0 Å². The fourth-order valence-electron chi connectivity index (χ4n) is 3.49. The van der Waals surface area contributed by atoms with Gasteiger partial charge in [0.25, 0.3) is 5.91 Å². The first-order valence-corrected chi connectivity index (χ1v) is 9.04. The highest BCUT2D eigenvalue weighted by Gasteiger charge is 2.42. The lowest BCUT2D eigenvalue weighted by Gasteiger charge is -2.36. The minimum atomic E-state index is 0.0554. The van der Waals surface area contributed by atoms with E-state index in [1.54, 1.807) is 35.9 Å². The Balaban J connectivity index is 1.47. The number of hydrogen-bond acceptors (Lipinski definition) is 6. The molecule has 0 N–H and O–H groups in total. The molecule has 126 valence electrons. The lowest BCUT2D eigenvalue weighted by Crippen LogP contribution is -2.50. The SMILES string of the molecule is Cc1nc(CN2CCO[C@H]3CN(C(=O)c4ccncc4)C[C@H]32)cs1. The van der Waals surface area contributed by atoms with E-state index in [0.717, 1.165) is 23.8 Å². The number of aryl methyl sites for hydroxylation is 1. The van der Waals surface area contributed by atoms with Gasteiger partial charge < -0.3 is 9.64 Å². The van der Waals surface area contributed by atoms with Crippen molar-refractivity contribution in [2.24, 2.45) is 0 Å². The third-order valence-electron chi connectivity index (χ3n) is 4.66. The highest BCUT2D eigenvalue weighted by atomic mass is 32.1. The largest absolute Gasteiger partial charge is 0.373 e. The van der Waals surface area contributed by atoms with Crippen LogP contribution in [0.25, 0.3) is 0 Å². The van der Waals surface area contributed by atoms with Gasteiger partial charge in [0.1, 0.15) is 0 Å². The number of thiazole rings is 1. The zero-order valence-corrected chi connectivity index (χ0v) is 14.4. The molecule has 2 aromatic rings. The van der Waals surface area contributed by atoms with Crippen LogP contribution in [0.15, 0.2) is 29.9 Å². The first kappa shape index (κ1) is 15.7. The van der Waals surface area contributed by atoms with Gasteiger partial charge in [-0.25, -0.2) is 4.98 Å². The van der Waals surface area contributed by atoms with Gasteiger partial charge in [-0.15, -0.1) is 11.3 Å². The standard InChI is InChI=1S/C17H20N4O2S/c1-12-19-14(11-24-12)8-20-6-7-23-16-10-21(9-15(16)20)17(22)13-2-4-18-5-3-13/h2-5,11,15-16H,6-10H2,1H3/t15-,16+/m1/s1. The van der Waals surface area contributed by atoms with E-state index in [4.69, 9.17) is 4.74 Å². The molecule has 0 aromatic carbocycles. The summed E-state index contributed by atoms with van der Waals surface area (Å²) >= 11 is 1.68. The summed E-state index contributed by atoms with van der Waals surface area (Å²) in [5.41, 5.74) is 1.79. The lowest BCUT2D eigenvalue weighted by molar-refractivity contribution is -0.0507. The molecule has 2 aliphatic rings. The number of morpholine rings is 1. The molecule has 0 saturated carbocycles. The molecule has 6 nitrogen and oxygen atoms in total. The van der Waals surface area contributed by atoms with Gasteiger partial charge in [0, 0.05) is 49.5 Å². The fourth-order valence-corrected chi connectivity index (χ4v) is 4.09. The average molecular weight is 344 g/mol. The predicted molar refractivity (Wildman–Crippen MR) is 90.9 cm³/mol. The molecular formula is C17H20N4O2S. The summed E-state index contributed by atoms with van der Waals surface area (Å²) in [7, 11) is 0. The van der Waals surface area contributed by atoms with Crippen LogP contribution in [-0.2, 0) is 11.3 Å². The van der Waals surface area contributed by atoms with E-state index in [1.807, 2.05) is 11.8 Å². The molecule has 2 aromatic heterocycles. The normalized spacial score (nSPS) is 24.1. The Morgan fingerprint density at radius 1 is 1.38 bits per heavy atom. The summed E-state index contributed by atoms with van der Waals surface area (Å²) in [6, 6.07) is 3.77. The Morgan fingerprint density at radius 3 is 2.96 bits per heavy atom. The van der Waals surface area contributed by atoms with Gasteiger partial charge in [0.2, 0.25) is 0 Å². The van der Waals surface area contributed by atoms with Crippen molar-refractivity contribution >= 4 is 17.2 Å². The second-order valence-electron chi connectivity index (χ2n) is 6.25. The Labute approximate surface area is 145 Å². The van der Waals surface area contributed by atoms with Crippen LogP contribution in [0.4, 0.5) is 0 Å². The van der Waals surface area contributed by atoms with Crippen molar-refractivity contribution in [3.63, 3.8) is 0 Å². The third kappa shape index (κ3) is 3.07. The summed E-state index contributed by atoms with van der Waals surface area (Å²) in [5, 5.41) is 3.21. The first-order chi connectivity index (χ1) is 11.7. The Morgan fingerprint density at radius 2 is 2.21 bits per heavy atom. The van der Waals surface area contributed by atoms with Crippen LogP contribution < -0.4 is 0 Å². The second-order valence-corrected chi connectivity index (χ2v) is 7.31. The van der Waals surface area contributed by atoms with E-state index >= 15 is 0 Å². The molecule has 0 radical (unpaired) electrons. The molecule has 4 heterocycles. The summed E-state index contributed by atoms with van der Waals surface area (Å²) in [6.45, 7) is 5.80. The highest BCUT2D eigenvalue weighted by molar-refractivity contribution is 7.09. The van der Waals surface area contributed by atoms with Gasteiger partial charge >= 0.3 is 0 Å². The average Bonchev–Trinajstić information content (AvgIpc) is 3.22. The van der Waals surface area contributed by atoms with E-state index in [-0.39, 0.29) is 18.1 Å². The van der Waals surface area contributed by atoms with Crippen LogP contribution >= 0.6 is 11.3 Å². The molecule has 2 aliphatic heterocycles. The van der Waals surface area contributed by atoms with E-state index in [0.29, 0.717) is 25.3 Å². The minimum absolute atomic E-state index is 0.0554. The Hall–Kier alpha value is -1.83. The van der Waals surface area contributed by atoms with E-state index in [9.17, 15) is 4.79 Å². The van der Waals surface area contributed by atoms with Crippen LogP contribution in [0.2, 0.25) is 0 Å². The van der Waals surface area contributed by atoms with E-state index in [1.165, 1.54) is 0 Å². The smallest absolute Gasteiger partial charge is 0.254 e.